The smallest absolute Gasteiger partial charge is 0.342 e. The van der Waals surface area contributed by atoms with E-state index in [1.54, 1.807) is 0 Å². The standard InChI is InChI=1S/C9H7F3N/c1-3-4-13-5-7(2)8(6-13)9(10,11)12/h1,5-6H,2,4H2. The largest absolute Gasteiger partial charge is 0.418 e. The van der Waals surface area contributed by atoms with E-state index in [0.717, 1.165) is 6.20 Å². The molecule has 4 heteroatoms. The maximum absolute atomic E-state index is 12.2. The number of nitrogens with zero attached hydrogens (tertiary/aromatic N) is 1. The monoisotopic (exact) mass is 186 g/mol. The van der Waals surface area contributed by atoms with Crippen LogP contribution in [0.25, 0.3) is 0 Å². The van der Waals surface area contributed by atoms with Crippen molar-refractivity contribution in [3.8, 4) is 12.3 Å². The molecule has 1 aromatic rings. The van der Waals surface area contributed by atoms with Crippen LogP contribution < -0.4 is 0 Å². The van der Waals surface area contributed by atoms with Crippen LogP contribution in [0.1, 0.15) is 11.1 Å². The molecule has 69 valence electrons. The Morgan fingerprint density at radius 2 is 2.08 bits per heavy atom. The van der Waals surface area contributed by atoms with Gasteiger partial charge in [0.25, 0.3) is 0 Å². The topological polar surface area (TPSA) is 4.93 Å². The fraction of sp³-hybridized carbons (Fsp3) is 0.222. The van der Waals surface area contributed by atoms with Gasteiger partial charge in [0.1, 0.15) is 0 Å². The van der Waals surface area contributed by atoms with Crippen LogP contribution in [0.15, 0.2) is 12.4 Å². The SMILES string of the molecule is C#CCn1cc([CH2])c(C(F)(F)F)c1. The van der Waals surface area contributed by atoms with Crippen molar-refractivity contribution in [2.45, 2.75) is 12.7 Å². The van der Waals surface area contributed by atoms with Crippen molar-refractivity contribution in [1.29, 1.82) is 0 Å². The molecular weight excluding hydrogens is 179 g/mol. The summed E-state index contributed by atoms with van der Waals surface area (Å²) in [5, 5.41) is 0. The highest BCUT2D eigenvalue weighted by Crippen LogP contribution is 2.31. The average Bonchev–Trinajstić information content (AvgIpc) is 2.30. The van der Waals surface area contributed by atoms with Gasteiger partial charge >= 0.3 is 6.18 Å². The van der Waals surface area contributed by atoms with Crippen molar-refractivity contribution in [3.05, 3.63) is 30.4 Å². The molecule has 0 atom stereocenters. The molecule has 13 heavy (non-hydrogen) atoms. The predicted octanol–water partition coefficient (Wildman–Crippen LogP) is 2.32. The lowest BCUT2D eigenvalue weighted by Gasteiger charge is -2.03. The average molecular weight is 186 g/mol. The van der Waals surface area contributed by atoms with Crippen molar-refractivity contribution >= 4 is 0 Å². The van der Waals surface area contributed by atoms with Gasteiger partial charge in [0.15, 0.2) is 0 Å². The van der Waals surface area contributed by atoms with E-state index >= 15 is 0 Å². The Hall–Kier alpha value is -1.37. The van der Waals surface area contributed by atoms with E-state index < -0.39 is 11.7 Å². The molecule has 1 rings (SSSR count). The highest BCUT2D eigenvalue weighted by atomic mass is 19.4. The molecule has 0 fully saturated rings. The Bertz CT molecular complexity index is 341. The number of aromatic nitrogens is 1. The van der Waals surface area contributed by atoms with Gasteiger partial charge < -0.3 is 4.57 Å². The van der Waals surface area contributed by atoms with Crippen LogP contribution in [0.3, 0.4) is 0 Å². The molecule has 0 aromatic carbocycles. The third-order valence-corrected chi connectivity index (χ3v) is 1.54. The summed E-state index contributed by atoms with van der Waals surface area (Å²) in [7, 11) is 0. The van der Waals surface area contributed by atoms with Crippen LogP contribution in [0.2, 0.25) is 0 Å². The second kappa shape index (κ2) is 3.17. The van der Waals surface area contributed by atoms with E-state index in [0.29, 0.717) is 0 Å². The maximum Gasteiger partial charge on any atom is 0.418 e. The minimum atomic E-state index is -4.35. The highest BCUT2D eigenvalue weighted by molar-refractivity contribution is 5.29. The fourth-order valence-corrected chi connectivity index (χ4v) is 1.01. The van der Waals surface area contributed by atoms with Gasteiger partial charge in [-0.25, -0.2) is 0 Å². The molecule has 1 aromatic heterocycles. The van der Waals surface area contributed by atoms with Crippen LogP contribution in [0, 0.1) is 19.3 Å². The molecule has 1 heterocycles. The van der Waals surface area contributed by atoms with Crippen LogP contribution in [-0.4, -0.2) is 4.57 Å². The molecule has 1 radical (unpaired) electrons. The molecule has 0 N–H and O–H groups in total. The quantitative estimate of drug-likeness (QED) is 0.593. The summed E-state index contributed by atoms with van der Waals surface area (Å²) in [6.45, 7) is 3.40. The van der Waals surface area contributed by atoms with Gasteiger partial charge in [0, 0.05) is 12.4 Å². The molecule has 1 nitrogen and oxygen atoms in total. The lowest BCUT2D eigenvalue weighted by molar-refractivity contribution is -0.137. The number of halogens is 3. The van der Waals surface area contributed by atoms with Gasteiger partial charge in [0.2, 0.25) is 0 Å². The number of hydrogen-bond acceptors (Lipinski definition) is 0. The van der Waals surface area contributed by atoms with E-state index in [1.165, 1.54) is 10.8 Å². The fourth-order valence-electron chi connectivity index (χ4n) is 1.01. The van der Waals surface area contributed by atoms with Crippen LogP contribution >= 0.6 is 0 Å². The summed E-state index contributed by atoms with van der Waals surface area (Å²) in [6, 6.07) is 0. The summed E-state index contributed by atoms with van der Waals surface area (Å²) >= 11 is 0. The molecule has 0 aliphatic carbocycles. The Morgan fingerprint density at radius 3 is 2.46 bits per heavy atom. The van der Waals surface area contributed by atoms with Gasteiger partial charge in [-0.05, 0) is 12.5 Å². The third kappa shape index (κ3) is 2.05. The predicted molar refractivity (Wildman–Crippen MR) is 42.7 cm³/mol. The lowest BCUT2D eigenvalue weighted by atomic mass is 10.2. The molecule has 0 unspecified atom stereocenters. The van der Waals surface area contributed by atoms with Crippen molar-refractivity contribution in [1.82, 2.24) is 4.57 Å². The van der Waals surface area contributed by atoms with Crippen molar-refractivity contribution in [2.24, 2.45) is 0 Å². The molecule has 0 spiro atoms. The van der Waals surface area contributed by atoms with Crippen LogP contribution in [-0.2, 0) is 12.7 Å². The van der Waals surface area contributed by atoms with Gasteiger partial charge in [-0.15, -0.1) is 6.42 Å². The zero-order valence-electron chi connectivity index (χ0n) is 6.73. The van der Waals surface area contributed by atoms with E-state index in [4.69, 9.17) is 6.42 Å². The molecule has 0 saturated heterocycles. The van der Waals surface area contributed by atoms with E-state index in [2.05, 4.69) is 12.8 Å². The van der Waals surface area contributed by atoms with Crippen molar-refractivity contribution < 1.29 is 13.2 Å². The first-order valence-electron chi connectivity index (χ1n) is 3.47. The molecule has 0 saturated carbocycles. The number of rotatable bonds is 1. The molecule has 0 aliphatic rings. The Morgan fingerprint density at radius 1 is 1.46 bits per heavy atom. The lowest BCUT2D eigenvalue weighted by Crippen LogP contribution is -2.05. The van der Waals surface area contributed by atoms with E-state index in [9.17, 15) is 13.2 Å². The summed E-state index contributed by atoms with van der Waals surface area (Å²) in [4.78, 5) is 0. The summed E-state index contributed by atoms with van der Waals surface area (Å²) < 4.78 is 37.9. The van der Waals surface area contributed by atoms with Crippen molar-refractivity contribution in [2.75, 3.05) is 0 Å². The number of hydrogen-bond donors (Lipinski definition) is 0. The normalized spacial score (nSPS) is 11.3. The maximum atomic E-state index is 12.2. The molecule has 0 amide bonds. The van der Waals surface area contributed by atoms with E-state index in [-0.39, 0.29) is 12.1 Å². The minimum absolute atomic E-state index is 0.0530. The second-order valence-electron chi connectivity index (χ2n) is 2.57. The molecule has 0 bridgehead atoms. The second-order valence-corrected chi connectivity index (χ2v) is 2.57. The Kier molecular flexibility index (Phi) is 2.37. The number of alkyl halides is 3. The first-order valence-corrected chi connectivity index (χ1v) is 3.47. The number of terminal acetylenes is 1. The van der Waals surface area contributed by atoms with Crippen molar-refractivity contribution in [3.63, 3.8) is 0 Å². The Labute approximate surface area is 74.2 Å². The zero-order chi connectivity index (χ0) is 10.1. The van der Waals surface area contributed by atoms with Gasteiger partial charge in [0.05, 0.1) is 12.1 Å². The van der Waals surface area contributed by atoms with Crippen LogP contribution in [0.5, 0.6) is 0 Å². The van der Waals surface area contributed by atoms with Crippen LogP contribution in [0.4, 0.5) is 13.2 Å². The molecular formula is C9H7F3N. The summed E-state index contributed by atoms with van der Waals surface area (Å²) in [5.74, 6) is 2.24. The van der Waals surface area contributed by atoms with Gasteiger partial charge in [-0.3, -0.25) is 0 Å². The van der Waals surface area contributed by atoms with Gasteiger partial charge in [-0.1, -0.05) is 5.92 Å². The molecule has 0 aliphatic heterocycles. The minimum Gasteiger partial charge on any atom is -0.342 e. The van der Waals surface area contributed by atoms with E-state index in [1.807, 2.05) is 0 Å². The zero-order valence-corrected chi connectivity index (χ0v) is 6.73. The summed E-state index contributed by atoms with van der Waals surface area (Å²) in [5.41, 5.74) is -0.787. The summed E-state index contributed by atoms with van der Waals surface area (Å²) in [6.07, 6.45) is 2.85. The highest BCUT2D eigenvalue weighted by Gasteiger charge is 2.33. The first-order chi connectivity index (χ1) is 5.95. The first kappa shape index (κ1) is 9.72. The third-order valence-electron chi connectivity index (χ3n) is 1.54. The Balaban J connectivity index is 3.05. The van der Waals surface area contributed by atoms with Gasteiger partial charge in [-0.2, -0.15) is 13.2 Å².